The van der Waals surface area contributed by atoms with E-state index in [-0.39, 0.29) is 17.6 Å². The SMILES string of the molecule is Cc1c(/C=C2/C[C@H]3[C@@H]4CC[C@@H]5C[C@H](O)CC[C@]5(C)[C@H]4CC[C@]3(C)[C@@H]2O)cnn1C. The molecule has 4 heteroatoms. The van der Waals surface area contributed by atoms with Crippen LogP contribution in [0, 0.1) is 41.4 Å². The van der Waals surface area contributed by atoms with Crippen LogP contribution in [0.5, 0.6) is 0 Å². The maximum atomic E-state index is 11.4. The molecule has 8 atom stereocenters. The van der Waals surface area contributed by atoms with Crippen molar-refractivity contribution in [1.82, 2.24) is 9.78 Å². The summed E-state index contributed by atoms with van der Waals surface area (Å²) in [4.78, 5) is 0. The predicted molar refractivity (Wildman–Crippen MR) is 115 cm³/mol. The zero-order chi connectivity index (χ0) is 20.6. The molecule has 4 nitrogen and oxygen atoms in total. The van der Waals surface area contributed by atoms with Crippen LogP contribution in [0.4, 0.5) is 0 Å². The van der Waals surface area contributed by atoms with Gasteiger partial charge in [0.25, 0.3) is 0 Å². The zero-order valence-corrected chi connectivity index (χ0v) is 18.6. The maximum Gasteiger partial charge on any atom is 0.0809 e. The van der Waals surface area contributed by atoms with Crippen molar-refractivity contribution in [2.24, 2.45) is 41.5 Å². The Bertz CT molecular complexity index is 829. The van der Waals surface area contributed by atoms with E-state index in [4.69, 9.17) is 0 Å². The van der Waals surface area contributed by atoms with Gasteiger partial charge in [0.2, 0.25) is 0 Å². The normalized spacial score (nSPS) is 48.3. The molecule has 0 aromatic carbocycles. The van der Waals surface area contributed by atoms with E-state index < -0.39 is 0 Å². The number of aromatic nitrogens is 2. The van der Waals surface area contributed by atoms with Gasteiger partial charge in [-0.25, -0.2) is 0 Å². The molecule has 0 amide bonds. The monoisotopic (exact) mass is 398 g/mol. The van der Waals surface area contributed by atoms with Crippen LogP contribution in [0.3, 0.4) is 0 Å². The molecule has 160 valence electrons. The Hall–Kier alpha value is -1.13. The summed E-state index contributed by atoms with van der Waals surface area (Å²) in [7, 11) is 1.98. The molecular formula is C25H38N2O2. The van der Waals surface area contributed by atoms with Crippen LogP contribution in [-0.4, -0.2) is 32.2 Å². The molecule has 4 aliphatic rings. The van der Waals surface area contributed by atoms with Gasteiger partial charge in [0.1, 0.15) is 0 Å². The van der Waals surface area contributed by atoms with Crippen LogP contribution in [0.2, 0.25) is 0 Å². The molecule has 1 aromatic rings. The number of aliphatic hydroxyl groups is 2. The summed E-state index contributed by atoms with van der Waals surface area (Å²) in [5, 5.41) is 26.0. The Kier molecular flexibility index (Phi) is 4.57. The Labute approximate surface area is 175 Å². The summed E-state index contributed by atoms with van der Waals surface area (Å²) in [6, 6.07) is 0. The first-order chi connectivity index (χ1) is 13.7. The van der Waals surface area contributed by atoms with Gasteiger partial charge in [-0.05, 0) is 99.0 Å². The molecule has 4 fully saturated rings. The van der Waals surface area contributed by atoms with Crippen molar-refractivity contribution < 1.29 is 10.2 Å². The second-order valence-electron chi connectivity index (χ2n) is 11.3. The van der Waals surface area contributed by atoms with E-state index in [1.165, 1.54) is 31.3 Å². The molecule has 1 aromatic heterocycles. The van der Waals surface area contributed by atoms with Gasteiger partial charge in [0.05, 0.1) is 18.4 Å². The fourth-order valence-corrected chi connectivity index (χ4v) is 8.09. The summed E-state index contributed by atoms with van der Waals surface area (Å²) in [6.45, 7) is 6.99. The average Bonchev–Trinajstić information content (AvgIpc) is 3.14. The molecule has 0 saturated heterocycles. The van der Waals surface area contributed by atoms with E-state index in [0.717, 1.165) is 48.8 Å². The third-order valence-corrected chi connectivity index (χ3v) is 10.1. The van der Waals surface area contributed by atoms with Crippen molar-refractivity contribution in [3.63, 3.8) is 0 Å². The molecule has 2 N–H and O–H groups in total. The smallest absolute Gasteiger partial charge is 0.0809 e. The molecule has 4 saturated carbocycles. The molecule has 1 heterocycles. The largest absolute Gasteiger partial charge is 0.393 e. The van der Waals surface area contributed by atoms with Gasteiger partial charge in [0, 0.05) is 23.7 Å². The second kappa shape index (κ2) is 6.68. The first kappa shape index (κ1) is 19.8. The van der Waals surface area contributed by atoms with Crippen molar-refractivity contribution >= 4 is 6.08 Å². The Morgan fingerprint density at radius 1 is 1.07 bits per heavy atom. The van der Waals surface area contributed by atoms with Crippen molar-refractivity contribution in [2.45, 2.75) is 84.3 Å². The number of hydrogen-bond acceptors (Lipinski definition) is 3. The zero-order valence-electron chi connectivity index (χ0n) is 18.6. The minimum absolute atomic E-state index is 0.0144. The fourth-order valence-electron chi connectivity index (χ4n) is 8.09. The van der Waals surface area contributed by atoms with Crippen LogP contribution >= 0.6 is 0 Å². The highest BCUT2D eigenvalue weighted by Crippen LogP contribution is 2.67. The van der Waals surface area contributed by atoms with Crippen molar-refractivity contribution in [2.75, 3.05) is 0 Å². The van der Waals surface area contributed by atoms with Gasteiger partial charge < -0.3 is 10.2 Å². The quantitative estimate of drug-likeness (QED) is 0.733. The van der Waals surface area contributed by atoms with Crippen molar-refractivity contribution in [3.8, 4) is 0 Å². The Morgan fingerprint density at radius 3 is 2.55 bits per heavy atom. The first-order valence-electron chi connectivity index (χ1n) is 11.8. The summed E-state index contributed by atoms with van der Waals surface area (Å²) in [6.07, 6.45) is 12.9. The minimum atomic E-state index is -0.327. The number of hydrogen-bond donors (Lipinski definition) is 2. The lowest BCUT2D eigenvalue weighted by atomic mass is 9.45. The lowest BCUT2D eigenvalue weighted by Crippen LogP contribution is -2.54. The molecule has 0 bridgehead atoms. The number of nitrogens with zero attached hydrogens (tertiary/aromatic N) is 2. The van der Waals surface area contributed by atoms with Crippen LogP contribution < -0.4 is 0 Å². The van der Waals surface area contributed by atoms with Gasteiger partial charge in [-0.1, -0.05) is 13.8 Å². The maximum absolute atomic E-state index is 11.4. The highest BCUT2D eigenvalue weighted by Gasteiger charge is 2.61. The number of fused-ring (bicyclic) bond motifs is 5. The molecule has 5 rings (SSSR count). The van der Waals surface area contributed by atoms with Gasteiger partial charge >= 0.3 is 0 Å². The highest BCUT2D eigenvalue weighted by atomic mass is 16.3. The molecule has 0 radical (unpaired) electrons. The van der Waals surface area contributed by atoms with Crippen LogP contribution in [0.25, 0.3) is 6.08 Å². The highest BCUT2D eigenvalue weighted by molar-refractivity contribution is 5.57. The predicted octanol–water partition coefficient (Wildman–Crippen LogP) is 4.49. The fraction of sp³-hybridized carbons (Fsp3) is 0.800. The van der Waals surface area contributed by atoms with Gasteiger partial charge in [0.15, 0.2) is 0 Å². The van der Waals surface area contributed by atoms with Crippen LogP contribution in [-0.2, 0) is 7.05 Å². The van der Waals surface area contributed by atoms with Gasteiger partial charge in [-0.15, -0.1) is 0 Å². The summed E-state index contributed by atoms with van der Waals surface area (Å²) in [5.74, 6) is 2.76. The molecule has 29 heavy (non-hydrogen) atoms. The Morgan fingerprint density at radius 2 is 1.83 bits per heavy atom. The minimum Gasteiger partial charge on any atom is -0.393 e. The summed E-state index contributed by atoms with van der Waals surface area (Å²) in [5.41, 5.74) is 3.94. The van der Waals surface area contributed by atoms with Gasteiger partial charge in [-0.2, -0.15) is 5.10 Å². The van der Waals surface area contributed by atoms with Crippen LogP contribution in [0.1, 0.15) is 76.5 Å². The summed E-state index contributed by atoms with van der Waals surface area (Å²) >= 11 is 0. The molecule has 0 unspecified atom stereocenters. The van der Waals surface area contributed by atoms with E-state index in [1.807, 2.05) is 17.9 Å². The third kappa shape index (κ3) is 2.81. The van der Waals surface area contributed by atoms with E-state index in [2.05, 4.69) is 31.9 Å². The topological polar surface area (TPSA) is 58.3 Å². The molecule has 4 aliphatic carbocycles. The third-order valence-electron chi connectivity index (χ3n) is 10.1. The van der Waals surface area contributed by atoms with E-state index >= 15 is 0 Å². The number of aryl methyl sites for hydroxylation is 1. The lowest BCUT2D eigenvalue weighted by Gasteiger charge is -2.60. The van der Waals surface area contributed by atoms with Crippen molar-refractivity contribution in [1.29, 1.82) is 0 Å². The van der Waals surface area contributed by atoms with E-state index in [0.29, 0.717) is 17.3 Å². The molecule has 0 spiro atoms. The first-order valence-corrected chi connectivity index (χ1v) is 11.8. The Balaban J connectivity index is 1.45. The molecule has 0 aliphatic heterocycles. The summed E-state index contributed by atoms with van der Waals surface area (Å²) < 4.78 is 1.91. The number of rotatable bonds is 1. The van der Waals surface area contributed by atoms with Crippen LogP contribution in [0.15, 0.2) is 11.8 Å². The standard InChI is InChI=1S/C25H38N2O2/c1-15-17(14-26-27(15)4)11-16-12-22-20-6-5-18-13-19(28)7-9-24(18,2)21(20)8-10-25(22,3)23(16)29/h11,14,18-23,28-29H,5-10,12-13H2,1-4H3/b16-11-/t18-,19-,20-,21+,22+,23-,24+,25+/m1/s1. The second-order valence-corrected chi connectivity index (χ2v) is 11.3. The average molecular weight is 399 g/mol. The van der Waals surface area contributed by atoms with Crippen molar-refractivity contribution in [3.05, 3.63) is 23.0 Å². The van der Waals surface area contributed by atoms with Gasteiger partial charge in [-0.3, -0.25) is 4.68 Å². The van der Waals surface area contributed by atoms with E-state index in [1.54, 1.807) is 0 Å². The lowest BCUT2D eigenvalue weighted by molar-refractivity contribution is -0.133. The molecular weight excluding hydrogens is 360 g/mol. The van der Waals surface area contributed by atoms with E-state index in [9.17, 15) is 10.2 Å². The number of aliphatic hydroxyl groups excluding tert-OH is 2.